The van der Waals surface area contributed by atoms with E-state index in [1.54, 1.807) is 4.90 Å². The van der Waals surface area contributed by atoms with Gasteiger partial charge in [-0.1, -0.05) is 0 Å². The Bertz CT molecular complexity index is 1010. The zero-order chi connectivity index (χ0) is 17.7. The number of hydrogen-bond donors (Lipinski definition) is 1. The summed E-state index contributed by atoms with van der Waals surface area (Å²) in [6, 6.07) is 8.85. The van der Waals surface area contributed by atoms with Crippen LogP contribution in [0.4, 0.5) is 11.5 Å². The van der Waals surface area contributed by atoms with Gasteiger partial charge in [0.05, 0.1) is 6.54 Å². The summed E-state index contributed by atoms with van der Waals surface area (Å²) >= 11 is 0. The lowest BCUT2D eigenvalue weighted by Crippen LogP contribution is -2.32. The maximum atomic E-state index is 13.0. The molecule has 1 aliphatic carbocycles. The van der Waals surface area contributed by atoms with Gasteiger partial charge in [0.25, 0.3) is 5.91 Å². The monoisotopic (exact) mass is 349 g/mol. The van der Waals surface area contributed by atoms with Crippen LogP contribution in [0.3, 0.4) is 0 Å². The Balaban J connectivity index is 1.54. The summed E-state index contributed by atoms with van der Waals surface area (Å²) in [5.74, 6) is 0.166. The van der Waals surface area contributed by atoms with Crippen LogP contribution in [-0.2, 0) is 0 Å². The Morgan fingerprint density at radius 3 is 2.88 bits per heavy atom. The van der Waals surface area contributed by atoms with Crippen LogP contribution < -0.4 is 15.4 Å². The highest BCUT2D eigenvalue weighted by atomic mass is 16.5. The number of nitrogens with two attached hydrogens (primary N) is 1. The summed E-state index contributed by atoms with van der Waals surface area (Å²) < 4.78 is 7.94. The first-order valence-electron chi connectivity index (χ1n) is 8.88. The molecule has 0 spiro atoms. The Kier molecular flexibility index (Phi) is 3.34. The summed E-state index contributed by atoms with van der Waals surface area (Å²) in [4.78, 5) is 22.7. The maximum Gasteiger partial charge on any atom is 0.267 e. The number of amides is 1. The molecule has 1 aromatic carbocycles. The van der Waals surface area contributed by atoms with E-state index in [-0.39, 0.29) is 23.2 Å². The summed E-state index contributed by atoms with van der Waals surface area (Å²) in [5.41, 5.74) is 8.18. The number of fused-ring (bicyclic) bond motifs is 2. The van der Waals surface area contributed by atoms with Gasteiger partial charge in [-0.25, -0.2) is 9.97 Å². The fourth-order valence-electron chi connectivity index (χ4n) is 3.71. The third kappa shape index (κ3) is 2.23. The molecule has 0 bridgehead atoms. The molecule has 0 atom stereocenters. The summed E-state index contributed by atoms with van der Waals surface area (Å²) in [6.07, 6.45) is 7.24. The average molecular weight is 349 g/mol. The van der Waals surface area contributed by atoms with Gasteiger partial charge >= 0.3 is 0 Å². The second-order valence-corrected chi connectivity index (χ2v) is 6.80. The molecule has 1 fully saturated rings. The van der Waals surface area contributed by atoms with Gasteiger partial charge in [-0.2, -0.15) is 0 Å². The first-order chi connectivity index (χ1) is 12.7. The highest BCUT2D eigenvalue weighted by Gasteiger charge is 2.29. The topological polar surface area (TPSA) is 86.3 Å². The lowest BCUT2D eigenvalue weighted by atomic mass is 9.93. The second kappa shape index (κ2) is 5.72. The number of hydrogen-bond acceptors (Lipinski definition) is 5. The third-order valence-corrected chi connectivity index (χ3v) is 5.34. The number of nitrogen functional groups attached to an aromatic ring is 1. The van der Waals surface area contributed by atoms with Crippen LogP contribution in [0.5, 0.6) is 5.88 Å². The number of aromatic nitrogens is 3. The Labute approximate surface area is 150 Å². The van der Waals surface area contributed by atoms with Crippen LogP contribution in [0.2, 0.25) is 0 Å². The largest absolute Gasteiger partial charge is 0.475 e. The predicted octanol–water partition coefficient (Wildman–Crippen LogP) is 2.78. The molecule has 3 heterocycles. The highest BCUT2D eigenvalue weighted by molar-refractivity contribution is 6.11. The number of rotatable bonds is 2. The number of ether oxygens (including phenoxy) is 1. The first-order valence-corrected chi connectivity index (χ1v) is 8.88. The molecule has 26 heavy (non-hydrogen) atoms. The van der Waals surface area contributed by atoms with Gasteiger partial charge in [-0.15, -0.1) is 0 Å². The van der Waals surface area contributed by atoms with Gasteiger partial charge < -0.3 is 19.9 Å². The maximum absolute atomic E-state index is 13.0. The molecule has 0 radical (unpaired) electrons. The smallest absolute Gasteiger partial charge is 0.267 e. The van der Waals surface area contributed by atoms with Crippen molar-refractivity contribution in [1.82, 2.24) is 14.5 Å². The van der Waals surface area contributed by atoms with Gasteiger partial charge in [-0.3, -0.25) is 4.79 Å². The molecule has 2 N–H and O–H groups in total. The Hall–Kier alpha value is -3.09. The Morgan fingerprint density at radius 2 is 2.08 bits per heavy atom. The fraction of sp³-hybridized carbons (Fsp3) is 0.316. The van der Waals surface area contributed by atoms with Crippen LogP contribution in [0.1, 0.15) is 35.7 Å². The lowest BCUT2D eigenvalue weighted by molar-refractivity contribution is 0.0990. The molecule has 1 amide bonds. The van der Waals surface area contributed by atoms with E-state index < -0.39 is 0 Å². The number of nitrogens with zero attached hydrogens (tertiary/aromatic N) is 4. The van der Waals surface area contributed by atoms with Crippen molar-refractivity contribution in [3.05, 3.63) is 42.4 Å². The third-order valence-electron chi connectivity index (χ3n) is 5.34. The van der Waals surface area contributed by atoms with E-state index in [4.69, 9.17) is 10.5 Å². The molecule has 5 rings (SSSR count). The van der Waals surface area contributed by atoms with Crippen molar-refractivity contribution in [2.45, 2.75) is 25.3 Å². The summed E-state index contributed by atoms with van der Waals surface area (Å²) in [5, 5.41) is 1.13. The van der Waals surface area contributed by atoms with Gasteiger partial charge in [0, 0.05) is 28.8 Å². The molecular weight excluding hydrogens is 330 g/mol. The molecule has 7 nitrogen and oxygen atoms in total. The minimum atomic E-state index is -0.228. The molecule has 2 aliphatic rings. The highest BCUT2D eigenvalue weighted by Crippen LogP contribution is 2.36. The van der Waals surface area contributed by atoms with Crippen LogP contribution in [-0.4, -0.2) is 33.6 Å². The second-order valence-electron chi connectivity index (χ2n) is 6.80. The number of carbonyl (C=O) groups excluding carboxylic acids is 1. The van der Waals surface area contributed by atoms with E-state index in [9.17, 15) is 4.79 Å². The number of benzene rings is 1. The molecule has 1 saturated carbocycles. The van der Waals surface area contributed by atoms with Crippen LogP contribution >= 0.6 is 0 Å². The quantitative estimate of drug-likeness (QED) is 0.769. The van der Waals surface area contributed by atoms with Crippen LogP contribution in [0.15, 0.2) is 36.8 Å². The minimum Gasteiger partial charge on any atom is -0.475 e. The van der Waals surface area contributed by atoms with Crippen molar-refractivity contribution in [3.8, 4) is 5.88 Å². The molecule has 0 unspecified atom stereocenters. The Morgan fingerprint density at radius 1 is 1.19 bits per heavy atom. The van der Waals surface area contributed by atoms with Crippen molar-refractivity contribution in [3.63, 3.8) is 0 Å². The van der Waals surface area contributed by atoms with E-state index in [0.717, 1.165) is 11.1 Å². The standard InChI is InChI=1S/C19H19N5O2/c20-17-16-18(22-11-21-17)26-9-8-24(19(16)25)14-4-5-15-12(10-14)6-7-23(15)13-2-1-3-13/h4-7,10-11,13H,1-3,8-9H2,(H2,20,21,22). The zero-order valence-electron chi connectivity index (χ0n) is 14.3. The predicted molar refractivity (Wildman–Crippen MR) is 98.4 cm³/mol. The molecule has 132 valence electrons. The molecule has 0 saturated heterocycles. The van der Waals surface area contributed by atoms with Crippen molar-refractivity contribution in [2.24, 2.45) is 0 Å². The van der Waals surface area contributed by atoms with Gasteiger partial charge in [0.1, 0.15) is 24.3 Å². The number of anilines is 2. The van der Waals surface area contributed by atoms with Crippen molar-refractivity contribution in [2.75, 3.05) is 23.8 Å². The van der Waals surface area contributed by atoms with Gasteiger partial charge in [-0.05, 0) is 43.5 Å². The summed E-state index contributed by atoms with van der Waals surface area (Å²) in [6.45, 7) is 0.791. The molecule has 1 aliphatic heterocycles. The minimum absolute atomic E-state index is 0.143. The van der Waals surface area contributed by atoms with Crippen molar-refractivity contribution in [1.29, 1.82) is 0 Å². The van der Waals surface area contributed by atoms with E-state index in [0.29, 0.717) is 19.2 Å². The average Bonchev–Trinajstić information content (AvgIpc) is 2.91. The molecular formula is C19H19N5O2. The summed E-state index contributed by atoms with van der Waals surface area (Å²) in [7, 11) is 0. The van der Waals surface area contributed by atoms with Crippen LogP contribution in [0, 0.1) is 0 Å². The van der Waals surface area contributed by atoms with E-state index in [1.807, 2.05) is 12.1 Å². The van der Waals surface area contributed by atoms with Crippen molar-refractivity contribution >= 4 is 28.3 Å². The normalized spacial score (nSPS) is 17.5. The first kappa shape index (κ1) is 15.2. The van der Waals surface area contributed by atoms with E-state index >= 15 is 0 Å². The van der Waals surface area contributed by atoms with Crippen molar-refractivity contribution < 1.29 is 9.53 Å². The van der Waals surface area contributed by atoms with E-state index in [2.05, 4.69) is 32.9 Å². The molecule has 2 aromatic heterocycles. The SMILES string of the molecule is Nc1ncnc2c1C(=O)N(c1ccc3c(ccn3C3CCC3)c1)CCO2. The lowest BCUT2D eigenvalue weighted by Gasteiger charge is -2.28. The molecule has 7 heteroatoms. The number of carbonyl (C=O) groups is 1. The van der Waals surface area contributed by atoms with Gasteiger partial charge in [0.2, 0.25) is 5.88 Å². The van der Waals surface area contributed by atoms with Gasteiger partial charge in [0.15, 0.2) is 0 Å². The van der Waals surface area contributed by atoms with Crippen LogP contribution in [0.25, 0.3) is 10.9 Å². The molecule has 3 aromatic rings. The fourth-order valence-corrected chi connectivity index (χ4v) is 3.71. The van der Waals surface area contributed by atoms with E-state index in [1.165, 1.54) is 31.1 Å². The zero-order valence-corrected chi connectivity index (χ0v) is 14.3.